The summed E-state index contributed by atoms with van der Waals surface area (Å²) in [5.41, 5.74) is 0. The van der Waals surface area contributed by atoms with Crippen molar-refractivity contribution in [1.82, 2.24) is 15.1 Å². The smallest absolute Gasteiger partial charge is 0.193 e. The summed E-state index contributed by atoms with van der Waals surface area (Å²) in [7, 11) is 5.69. The first kappa shape index (κ1) is 19.5. The van der Waals surface area contributed by atoms with Gasteiger partial charge >= 0.3 is 0 Å². The van der Waals surface area contributed by atoms with Gasteiger partial charge in [-0.15, -0.1) is 0 Å². The van der Waals surface area contributed by atoms with E-state index in [1.807, 2.05) is 37.4 Å². The maximum absolute atomic E-state index is 6.06. The average Bonchev–Trinajstić information content (AvgIpc) is 2.65. The van der Waals surface area contributed by atoms with Crippen LogP contribution in [0, 0.1) is 0 Å². The van der Waals surface area contributed by atoms with Crippen molar-refractivity contribution in [1.29, 1.82) is 0 Å². The number of nitrogens with one attached hydrogen (secondary N) is 1. The molecule has 1 aromatic carbocycles. The molecule has 1 aliphatic heterocycles. The van der Waals surface area contributed by atoms with Gasteiger partial charge in [0, 0.05) is 59.7 Å². The molecule has 0 unspecified atom stereocenters. The van der Waals surface area contributed by atoms with Crippen LogP contribution in [-0.4, -0.2) is 82.4 Å². The van der Waals surface area contributed by atoms with Crippen molar-refractivity contribution in [2.24, 2.45) is 4.99 Å². The lowest BCUT2D eigenvalue weighted by molar-refractivity contribution is 0.129. The van der Waals surface area contributed by atoms with Crippen LogP contribution in [0.3, 0.4) is 0 Å². The number of hydrogen-bond donors (Lipinski definition) is 1. The van der Waals surface area contributed by atoms with Gasteiger partial charge in [-0.1, -0.05) is 18.2 Å². The molecule has 0 radical (unpaired) electrons. The van der Waals surface area contributed by atoms with Crippen LogP contribution < -0.4 is 10.1 Å². The molecule has 0 amide bonds. The minimum Gasteiger partial charge on any atom is -0.490 e. The number of aliphatic imine (C=N–C) groups is 1. The fraction of sp³-hybridized carbons (Fsp3) is 0.632. The number of likely N-dealkylation sites (tertiary alicyclic amines) is 1. The quantitative estimate of drug-likeness (QED) is 0.572. The maximum atomic E-state index is 6.06. The zero-order valence-corrected chi connectivity index (χ0v) is 15.8. The largest absolute Gasteiger partial charge is 0.490 e. The van der Waals surface area contributed by atoms with Gasteiger partial charge in [-0.05, 0) is 19.2 Å². The monoisotopic (exact) mass is 348 g/mol. The Bertz CT molecular complexity index is 501. The van der Waals surface area contributed by atoms with Crippen molar-refractivity contribution < 1.29 is 9.47 Å². The lowest BCUT2D eigenvalue weighted by atomic mass is 10.1. The van der Waals surface area contributed by atoms with E-state index in [1.165, 1.54) is 0 Å². The second-order valence-electron chi connectivity index (χ2n) is 6.39. The number of piperidine rings is 1. The first-order valence-corrected chi connectivity index (χ1v) is 9.07. The van der Waals surface area contributed by atoms with Crippen LogP contribution in [0.25, 0.3) is 0 Å². The predicted octanol–water partition coefficient (Wildman–Crippen LogP) is 1.68. The molecule has 6 nitrogen and oxygen atoms in total. The number of guanidine groups is 1. The van der Waals surface area contributed by atoms with E-state index in [2.05, 4.69) is 27.2 Å². The molecule has 0 atom stereocenters. The summed E-state index contributed by atoms with van der Waals surface area (Å²) >= 11 is 0. The Labute approximate surface area is 151 Å². The van der Waals surface area contributed by atoms with Crippen molar-refractivity contribution in [3.05, 3.63) is 30.3 Å². The van der Waals surface area contributed by atoms with E-state index in [9.17, 15) is 0 Å². The van der Waals surface area contributed by atoms with Crippen LogP contribution in [0.15, 0.2) is 35.3 Å². The molecule has 1 aliphatic rings. The van der Waals surface area contributed by atoms with Crippen LogP contribution in [-0.2, 0) is 4.74 Å². The maximum Gasteiger partial charge on any atom is 0.193 e. The molecule has 25 heavy (non-hydrogen) atoms. The van der Waals surface area contributed by atoms with Gasteiger partial charge in [0.05, 0.1) is 6.61 Å². The summed E-state index contributed by atoms with van der Waals surface area (Å²) in [6.45, 7) is 5.50. The topological polar surface area (TPSA) is 49.3 Å². The zero-order valence-electron chi connectivity index (χ0n) is 15.8. The zero-order chi connectivity index (χ0) is 17.9. The summed E-state index contributed by atoms with van der Waals surface area (Å²) in [4.78, 5) is 9.00. The van der Waals surface area contributed by atoms with E-state index in [4.69, 9.17) is 9.47 Å². The highest BCUT2D eigenvalue weighted by Crippen LogP contribution is 2.18. The van der Waals surface area contributed by atoms with E-state index < -0.39 is 0 Å². The molecule has 1 saturated heterocycles. The molecule has 2 rings (SSSR count). The molecule has 1 aromatic rings. The fourth-order valence-electron chi connectivity index (χ4n) is 2.93. The Morgan fingerprint density at radius 3 is 2.60 bits per heavy atom. The van der Waals surface area contributed by atoms with E-state index in [1.54, 1.807) is 7.11 Å². The summed E-state index contributed by atoms with van der Waals surface area (Å²) in [5.74, 6) is 1.95. The highest BCUT2D eigenvalue weighted by molar-refractivity contribution is 5.79. The number of likely N-dealkylation sites (N-methyl/N-ethyl adjacent to an activating group) is 1. The molecule has 6 heteroatoms. The molecule has 0 spiro atoms. The fourth-order valence-corrected chi connectivity index (χ4v) is 2.93. The second kappa shape index (κ2) is 10.9. The molecular weight excluding hydrogens is 316 g/mol. The lowest BCUT2D eigenvalue weighted by Crippen LogP contribution is -2.48. The van der Waals surface area contributed by atoms with E-state index in [0.717, 1.165) is 63.9 Å². The van der Waals surface area contributed by atoms with Gasteiger partial charge in [-0.25, -0.2) is 0 Å². The first-order chi connectivity index (χ1) is 12.2. The molecular formula is C19H32N4O2. The normalized spacial score (nSPS) is 16.3. The number of para-hydroxylation sites is 1. The SMILES string of the molecule is CN=C(NCCN(C)CCOC)N1CCC(Oc2ccccc2)CC1. The van der Waals surface area contributed by atoms with Crippen LogP contribution in [0.5, 0.6) is 5.75 Å². The minimum atomic E-state index is 0.289. The molecule has 0 saturated carbocycles. The van der Waals surface area contributed by atoms with Gasteiger partial charge < -0.3 is 24.6 Å². The van der Waals surface area contributed by atoms with Crippen molar-refractivity contribution in [2.75, 3.05) is 60.5 Å². The van der Waals surface area contributed by atoms with Gasteiger partial charge in [0.2, 0.25) is 0 Å². The van der Waals surface area contributed by atoms with Gasteiger partial charge in [-0.2, -0.15) is 0 Å². The highest BCUT2D eigenvalue weighted by Gasteiger charge is 2.22. The summed E-state index contributed by atoms with van der Waals surface area (Å²) in [5, 5.41) is 3.46. The standard InChI is InChI=1S/C19H32N4O2/c1-20-19(21-11-14-22(2)15-16-24-3)23-12-9-18(10-13-23)25-17-7-5-4-6-8-17/h4-8,18H,9-16H2,1-3H3,(H,20,21). The Hall–Kier alpha value is -1.79. The Morgan fingerprint density at radius 1 is 1.24 bits per heavy atom. The summed E-state index contributed by atoms with van der Waals surface area (Å²) in [6.07, 6.45) is 2.32. The van der Waals surface area contributed by atoms with Crippen molar-refractivity contribution >= 4 is 5.96 Å². The third-order valence-electron chi connectivity index (χ3n) is 4.45. The van der Waals surface area contributed by atoms with Gasteiger partial charge in [-0.3, -0.25) is 4.99 Å². The Morgan fingerprint density at radius 2 is 1.96 bits per heavy atom. The Balaban J connectivity index is 1.69. The van der Waals surface area contributed by atoms with E-state index in [-0.39, 0.29) is 6.10 Å². The average molecular weight is 348 g/mol. The number of methoxy groups -OCH3 is 1. The van der Waals surface area contributed by atoms with Crippen molar-refractivity contribution in [3.8, 4) is 5.75 Å². The predicted molar refractivity (Wildman–Crippen MR) is 102 cm³/mol. The van der Waals surface area contributed by atoms with E-state index in [0.29, 0.717) is 0 Å². The summed E-state index contributed by atoms with van der Waals surface area (Å²) in [6, 6.07) is 10.1. The van der Waals surface area contributed by atoms with Crippen LogP contribution in [0.4, 0.5) is 0 Å². The Kier molecular flexibility index (Phi) is 8.55. The highest BCUT2D eigenvalue weighted by atomic mass is 16.5. The molecule has 1 heterocycles. The number of ether oxygens (including phenoxy) is 2. The molecule has 0 aliphatic carbocycles. The van der Waals surface area contributed by atoms with Gasteiger partial charge in [0.25, 0.3) is 0 Å². The third-order valence-corrected chi connectivity index (χ3v) is 4.45. The van der Waals surface area contributed by atoms with E-state index >= 15 is 0 Å². The van der Waals surface area contributed by atoms with Gasteiger partial charge in [0.1, 0.15) is 11.9 Å². The first-order valence-electron chi connectivity index (χ1n) is 9.07. The molecule has 1 fully saturated rings. The molecule has 140 valence electrons. The molecule has 1 N–H and O–H groups in total. The van der Waals surface area contributed by atoms with Gasteiger partial charge in [0.15, 0.2) is 5.96 Å². The minimum absolute atomic E-state index is 0.289. The third kappa shape index (κ3) is 6.92. The lowest BCUT2D eigenvalue weighted by Gasteiger charge is -2.34. The summed E-state index contributed by atoms with van der Waals surface area (Å²) < 4.78 is 11.2. The number of benzene rings is 1. The van der Waals surface area contributed by atoms with Crippen molar-refractivity contribution in [3.63, 3.8) is 0 Å². The molecule has 0 bridgehead atoms. The second-order valence-corrected chi connectivity index (χ2v) is 6.39. The number of hydrogen-bond acceptors (Lipinski definition) is 4. The van der Waals surface area contributed by atoms with Crippen LogP contribution in [0.1, 0.15) is 12.8 Å². The van der Waals surface area contributed by atoms with Crippen molar-refractivity contribution in [2.45, 2.75) is 18.9 Å². The number of rotatable bonds is 8. The van der Waals surface area contributed by atoms with Crippen LogP contribution >= 0.6 is 0 Å². The van der Waals surface area contributed by atoms with Crippen LogP contribution in [0.2, 0.25) is 0 Å². The number of nitrogens with zero attached hydrogens (tertiary/aromatic N) is 3. The molecule has 0 aromatic heterocycles.